The number of imide groups is 1. The van der Waals surface area contributed by atoms with Crippen LogP contribution in [-0.4, -0.2) is 28.7 Å². The van der Waals surface area contributed by atoms with E-state index in [0.717, 1.165) is 25.7 Å². The van der Waals surface area contributed by atoms with Crippen molar-refractivity contribution >= 4 is 11.9 Å². The minimum Gasteiger partial charge on any atom is -0.406 e. The molecule has 1 saturated heterocycles. The molecule has 2 aliphatic carbocycles. The fourth-order valence-electron chi connectivity index (χ4n) is 3.70. The van der Waals surface area contributed by atoms with Crippen molar-refractivity contribution in [3.63, 3.8) is 0 Å². The topological polar surface area (TPSA) is 58.6 Å². The molecule has 25 heavy (non-hydrogen) atoms. The van der Waals surface area contributed by atoms with Crippen LogP contribution in [0.5, 0.6) is 5.75 Å². The second kappa shape index (κ2) is 5.37. The lowest BCUT2D eigenvalue weighted by molar-refractivity contribution is -0.274. The van der Waals surface area contributed by atoms with Gasteiger partial charge in [-0.05, 0) is 55.2 Å². The zero-order valence-corrected chi connectivity index (χ0v) is 13.3. The Hall–Kier alpha value is -2.25. The number of amides is 3. The summed E-state index contributed by atoms with van der Waals surface area (Å²) in [6.45, 7) is 0.0398. The summed E-state index contributed by atoms with van der Waals surface area (Å²) >= 11 is 0. The van der Waals surface area contributed by atoms with Crippen molar-refractivity contribution in [2.24, 2.45) is 11.8 Å². The fraction of sp³-hybridized carbons (Fsp3) is 0.529. The Morgan fingerprint density at radius 1 is 1.08 bits per heavy atom. The van der Waals surface area contributed by atoms with Crippen LogP contribution in [0.4, 0.5) is 18.0 Å². The summed E-state index contributed by atoms with van der Waals surface area (Å²) in [5.41, 5.74) is -0.184. The number of carbonyl (C=O) groups excluding carboxylic acids is 2. The molecule has 2 saturated carbocycles. The molecule has 1 aliphatic heterocycles. The molecular weight excluding hydrogens is 337 g/mol. The lowest BCUT2D eigenvalue weighted by Gasteiger charge is -2.26. The number of hydrogen-bond donors (Lipinski definition) is 1. The maximum absolute atomic E-state index is 12.9. The van der Waals surface area contributed by atoms with Crippen molar-refractivity contribution in [1.82, 2.24) is 10.2 Å². The van der Waals surface area contributed by atoms with E-state index in [4.69, 9.17) is 0 Å². The summed E-state index contributed by atoms with van der Waals surface area (Å²) in [4.78, 5) is 26.4. The molecule has 0 aromatic heterocycles. The van der Waals surface area contributed by atoms with Gasteiger partial charge in [-0.25, -0.2) is 4.79 Å². The molecule has 0 atom stereocenters. The molecule has 0 bridgehead atoms. The van der Waals surface area contributed by atoms with Gasteiger partial charge in [0.1, 0.15) is 11.3 Å². The van der Waals surface area contributed by atoms with Crippen LogP contribution in [0.2, 0.25) is 0 Å². The highest BCUT2D eigenvalue weighted by atomic mass is 19.4. The molecule has 0 spiro atoms. The van der Waals surface area contributed by atoms with Crippen LogP contribution in [0, 0.1) is 11.8 Å². The predicted molar refractivity (Wildman–Crippen MR) is 80.4 cm³/mol. The zero-order valence-electron chi connectivity index (χ0n) is 13.3. The van der Waals surface area contributed by atoms with Gasteiger partial charge in [0.05, 0.1) is 6.54 Å². The van der Waals surface area contributed by atoms with Gasteiger partial charge in [0.15, 0.2) is 0 Å². The number of rotatable bonds is 5. The van der Waals surface area contributed by atoms with Crippen LogP contribution < -0.4 is 10.1 Å². The van der Waals surface area contributed by atoms with Crippen molar-refractivity contribution < 1.29 is 27.5 Å². The van der Waals surface area contributed by atoms with Crippen LogP contribution in [0.1, 0.15) is 31.2 Å². The van der Waals surface area contributed by atoms with Gasteiger partial charge in [-0.2, -0.15) is 0 Å². The first-order valence-corrected chi connectivity index (χ1v) is 8.28. The number of urea groups is 1. The van der Waals surface area contributed by atoms with Gasteiger partial charge in [0.2, 0.25) is 0 Å². The number of halogens is 3. The lowest BCUT2D eigenvalue weighted by atomic mass is 9.87. The van der Waals surface area contributed by atoms with E-state index in [9.17, 15) is 22.8 Å². The molecular formula is C17H17F3N2O3. The average Bonchev–Trinajstić information content (AvgIpc) is 3.43. The van der Waals surface area contributed by atoms with Crippen LogP contribution in [0.15, 0.2) is 24.3 Å². The van der Waals surface area contributed by atoms with Crippen molar-refractivity contribution in [1.29, 1.82) is 0 Å². The lowest BCUT2D eigenvalue weighted by Crippen LogP contribution is -2.51. The maximum atomic E-state index is 12.9. The second-order valence-corrected chi connectivity index (χ2v) is 6.93. The smallest absolute Gasteiger partial charge is 0.406 e. The second-order valence-electron chi connectivity index (χ2n) is 6.93. The zero-order chi connectivity index (χ0) is 17.8. The monoisotopic (exact) mass is 354 g/mol. The standard InChI is InChI=1S/C17H17F3N2O3/c18-17(19,20)25-13-7-1-10(2-8-13)9-22-14(23)16(11-3-4-11,12-5-6-12)21-15(22)24/h1-2,7-8,11-12H,3-6,9H2,(H,21,24). The number of hydrogen-bond acceptors (Lipinski definition) is 3. The highest BCUT2D eigenvalue weighted by Gasteiger charge is 2.65. The number of nitrogens with zero attached hydrogens (tertiary/aromatic N) is 1. The summed E-state index contributed by atoms with van der Waals surface area (Å²) in [6.07, 6.45) is -0.972. The molecule has 0 radical (unpaired) electrons. The average molecular weight is 354 g/mol. The van der Waals surface area contributed by atoms with Gasteiger partial charge < -0.3 is 10.1 Å². The molecule has 0 unspecified atom stereocenters. The molecule has 3 fully saturated rings. The minimum absolute atomic E-state index is 0.0398. The van der Waals surface area contributed by atoms with E-state index in [0.29, 0.717) is 5.56 Å². The van der Waals surface area contributed by atoms with Gasteiger partial charge >= 0.3 is 12.4 Å². The summed E-state index contributed by atoms with van der Waals surface area (Å²) in [7, 11) is 0. The van der Waals surface area contributed by atoms with Crippen molar-refractivity contribution in [3.05, 3.63) is 29.8 Å². The molecule has 3 aliphatic rings. The first-order chi connectivity index (χ1) is 11.8. The van der Waals surface area contributed by atoms with Crippen molar-refractivity contribution in [3.8, 4) is 5.75 Å². The quantitative estimate of drug-likeness (QED) is 0.826. The third-order valence-corrected chi connectivity index (χ3v) is 5.10. The number of benzene rings is 1. The Morgan fingerprint density at radius 3 is 2.12 bits per heavy atom. The molecule has 1 N–H and O–H groups in total. The number of alkyl halides is 3. The highest BCUT2D eigenvalue weighted by Crippen LogP contribution is 2.54. The molecule has 134 valence electrons. The number of nitrogens with one attached hydrogen (secondary N) is 1. The van der Waals surface area contributed by atoms with E-state index in [1.807, 2.05) is 0 Å². The van der Waals surface area contributed by atoms with E-state index >= 15 is 0 Å². The Labute approximate surface area is 142 Å². The summed E-state index contributed by atoms with van der Waals surface area (Å²) in [5, 5.41) is 2.92. The summed E-state index contributed by atoms with van der Waals surface area (Å²) in [5.74, 6) is -0.107. The van der Waals surface area contributed by atoms with Crippen LogP contribution >= 0.6 is 0 Å². The summed E-state index contributed by atoms with van der Waals surface area (Å²) < 4.78 is 40.4. The van der Waals surface area contributed by atoms with Crippen molar-refractivity contribution in [2.45, 2.75) is 44.1 Å². The number of carbonyl (C=O) groups is 2. The van der Waals surface area contributed by atoms with Crippen molar-refractivity contribution in [2.75, 3.05) is 0 Å². The van der Waals surface area contributed by atoms with Gasteiger partial charge in [-0.1, -0.05) is 12.1 Å². The first-order valence-electron chi connectivity index (χ1n) is 8.28. The first kappa shape index (κ1) is 16.2. The Balaban J connectivity index is 1.49. The molecule has 4 rings (SSSR count). The highest BCUT2D eigenvalue weighted by molar-refractivity contribution is 6.07. The van der Waals surface area contributed by atoms with Gasteiger partial charge in [0, 0.05) is 0 Å². The van der Waals surface area contributed by atoms with Gasteiger partial charge in [0.25, 0.3) is 5.91 Å². The van der Waals surface area contributed by atoms with Crippen LogP contribution in [0.25, 0.3) is 0 Å². The van der Waals surface area contributed by atoms with E-state index < -0.39 is 17.9 Å². The largest absolute Gasteiger partial charge is 0.573 e. The Kier molecular flexibility index (Phi) is 3.49. The predicted octanol–water partition coefficient (Wildman–Crippen LogP) is 3.20. The molecule has 1 aromatic rings. The van der Waals surface area contributed by atoms with E-state index in [1.54, 1.807) is 0 Å². The van der Waals surface area contributed by atoms with Crippen LogP contribution in [-0.2, 0) is 11.3 Å². The Bertz CT molecular complexity index is 697. The number of ether oxygens (including phenoxy) is 1. The maximum Gasteiger partial charge on any atom is 0.573 e. The van der Waals surface area contributed by atoms with Gasteiger partial charge in [-0.3, -0.25) is 9.69 Å². The van der Waals surface area contributed by atoms with Crippen LogP contribution in [0.3, 0.4) is 0 Å². The Morgan fingerprint density at radius 2 is 1.64 bits per heavy atom. The summed E-state index contributed by atoms with van der Waals surface area (Å²) in [6, 6.07) is 4.79. The fourth-order valence-corrected chi connectivity index (χ4v) is 3.70. The van der Waals surface area contributed by atoms with E-state index in [1.165, 1.54) is 29.2 Å². The third kappa shape index (κ3) is 2.94. The molecule has 8 heteroatoms. The molecule has 5 nitrogen and oxygen atoms in total. The van der Waals surface area contributed by atoms with E-state index in [2.05, 4.69) is 10.1 Å². The molecule has 1 heterocycles. The molecule has 3 amide bonds. The van der Waals surface area contributed by atoms with E-state index in [-0.39, 0.29) is 30.0 Å². The normalized spacial score (nSPS) is 22.9. The minimum atomic E-state index is -4.75. The van der Waals surface area contributed by atoms with Gasteiger partial charge in [-0.15, -0.1) is 13.2 Å². The third-order valence-electron chi connectivity index (χ3n) is 5.10. The SMILES string of the molecule is O=C1NC(C2CC2)(C2CC2)C(=O)N1Cc1ccc(OC(F)(F)F)cc1. The molecule has 1 aromatic carbocycles.